The van der Waals surface area contributed by atoms with Crippen LogP contribution in [0.1, 0.15) is 164 Å². The molecule has 0 amide bonds. The lowest BCUT2D eigenvalue weighted by Gasteiger charge is -2.30. The summed E-state index contributed by atoms with van der Waals surface area (Å²) in [6.07, 6.45) is 20.4. The SMILES string of the molecule is CCCCC(CC)COC(=O)CCCCCCCCCC(CC)(CC)C(=O)OCC(CC)CCCC. The van der Waals surface area contributed by atoms with Gasteiger partial charge < -0.3 is 9.47 Å². The second kappa shape index (κ2) is 23.1. The number of ether oxygens (including phenoxy) is 2. The van der Waals surface area contributed by atoms with E-state index in [9.17, 15) is 9.59 Å². The van der Waals surface area contributed by atoms with Crippen LogP contribution in [0, 0.1) is 17.3 Å². The molecule has 0 radical (unpaired) electrons. The number of esters is 2. The maximum atomic E-state index is 13.0. The number of unbranched alkanes of at least 4 members (excludes halogenated alkanes) is 8. The van der Waals surface area contributed by atoms with Gasteiger partial charge in [-0.15, -0.1) is 0 Å². The van der Waals surface area contributed by atoms with E-state index in [-0.39, 0.29) is 17.4 Å². The van der Waals surface area contributed by atoms with Gasteiger partial charge in [-0.3, -0.25) is 9.59 Å². The quantitative estimate of drug-likeness (QED) is 0.0905. The third-order valence-electron chi connectivity index (χ3n) is 8.34. The second-order valence-corrected chi connectivity index (χ2v) is 11.1. The molecule has 214 valence electrons. The summed E-state index contributed by atoms with van der Waals surface area (Å²) in [5, 5.41) is 0. The van der Waals surface area contributed by atoms with E-state index in [1.807, 2.05) is 0 Å². The summed E-state index contributed by atoms with van der Waals surface area (Å²) < 4.78 is 11.4. The molecule has 0 aromatic carbocycles. The van der Waals surface area contributed by atoms with Gasteiger partial charge in [0, 0.05) is 6.42 Å². The Morgan fingerprint density at radius 3 is 1.56 bits per heavy atom. The maximum absolute atomic E-state index is 13.0. The van der Waals surface area contributed by atoms with Crippen molar-refractivity contribution in [1.82, 2.24) is 0 Å². The van der Waals surface area contributed by atoms with Gasteiger partial charge in [-0.1, -0.05) is 119 Å². The van der Waals surface area contributed by atoms with E-state index in [4.69, 9.17) is 9.47 Å². The minimum atomic E-state index is -0.309. The largest absolute Gasteiger partial charge is 0.465 e. The Morgan fingerprint density at radius 1 is 0.611 bits per heavy atom. The van der Waals surface area contributed by atoms with Crippen LogP contribution in [0.25, 0.3) is 0 Å². The van der Waals surface area contributed by atoms with Crippen LogP contribution < -0.4 is 0 Å². The van der Waals surface area contributed by atoms with Crippen LogP contribution in [-0.4, -0.2) is 25.2 Å². The van der Waals surface area contributed by atoms with Crippen molar-refractivity contribution in [2.45, 2.75) is 164 Å². The van der Waals surface area contributed by atoms with Crippen molar-refractivity contribution in [2.75, 3.05) is 13.2 Å². The number of hydrogen-bond acceptors (Lipinski definition) is 4. The van der Waals surface area contributed by atoms with E-state index < -0.39 is 0 Å². The molecule has 0 spiro atoms. The van der Waals surface area contributed by atoms with E-state index in [0.29, 0.717) is 31.5 Å². The Bertz CT molecular complexity index is 526. The Kier molecular flexibility index (Phi) is 22.4. The van der Waals surface area contributed by atoms with Crippen molar-refractivity contribution in [3.8, 4) is 0 Å². The lowest BCUT2D eigenvalue weighted by molar-refractivity contribution is -0.158. The predicted molar refractivity (Wildman–Crippen MR) is 153 cm³/mol. The van der Waals surface area contributed by atoms with E-state index in [2.05, 4.69) is 41.5 Å². The molecule has 0 saturated heterocycles. The third-order valence-corrected chi connectivity index (χ3v) is 8.34. The van der Waals surface area contributed by atoms with Crippen molar-refractivity contribution >= 4 is 11.9 Å². The minimum Gasteiger partial charge on any atom is -0.465 e. The van der Waals surface area contributed by atoms with Crippen molar-refractivity contribution in [3.05, 3.63) is 0 Å². The third kappa shape index (κ3) is 15.9. The van der Waals surface area contributed by atoms with Gasteiger partial charge in [-0.2, -0.15) is 0 Å². The summed E-state index contributed by atoms with van der Waals surface area (Å²) in [6.45, 7) is 14.3. The maximum Gasteiger partial charge on any atom is 0.312 e. The number of rotatable bonds is 25. The first kappa shape index (κ1) is 34.9. The van der Waals surface area contributed by atoms with E-state index in [1.54, 1.807) is 0 Å². The molecule has 4 heteroatoms. The fourth-order valence-corrected chi connectivity index (χ4v) is 5.04. The summed E-state index contributed by atoms with van der Waals surface area (Å²) in [6, 6.07) is 0. The molecule has 0 saturated carbocycles. The number of carbonyl (C=O) groups excluding carboxylic acids is 2. The summed E-state index contributed by atoms with van der Waals surface area (Å²) in [5.41, 5.74) is -0.309. The minimum absolute atomic E-state index is 0.0251. The lowest BCUT2D eigenvalue weighted by Crippen LogP contribution is -2.33. The van der Waals surface area contributed by atoms with Crippen LogP contribution >= 0.6 is 0 Å². The monoisotopic (exact) mass is 510 g/mol. The van der Waals surface area contributed by atoms with Crippen LogP contribution in [0.3, 0.4) is 0 Å². The lowest BCUT2D eigenvalue weighted by atomic mass is 9.77. The fraction of sp³-hybridized carbons (Fsp3) is 0.938. The van der Waals surface area contributed by atoms with Gasteiger partial charge in [-0.05, 0) is 50.4 Å². The molecule has 2 unspecified atom stereocenters. The first-order chi connectivity index (χ1) is 17.4. The highest BCUT2D eigenvalue weighted by molar-refractivity contribution is 5.76. The van der Waals surface area contributed by atoms with Gasteiger partial charge in [0.25, 0.3) is 0 Å². The summed E-state index contributed by atoms with van der Waals surface area (Å²) in [4.78, 5) is 25.0. The zero-order valence-electron chi connectivity index (χ0n) is 25.1. The van der Waals surface area contributed by atoms with Crippen molar-refractivity contribution in [1.29, 1.82) is 0 Å². The summed E-state index contributed by atoms with van der Waals surface area (Å²) in [7, 11) is 0. The van der Waals surface area contributed by atoms with Crippen LogP contribution in [0.5, 0.6) is 0 Å². The molecule has 0 N–H and O–H groups in total. The van der Waals surface area contributed by atoms with E-state index in [0.717, 1.165) is 64.2 Å². The Balaban J connectivity index is 4.04. The molecular formula is C32H62O4. The molecule has 0 bridgehead atoms. The topological polar surface area (TPSA) is 52.6 Å². The van der Waals surface area contributed by atoms with Gasteiger partial charge in [0.2, 0.25) is 0 Å². The normalized spacial score (nSPS) is 13.4. The predicted octanol–water partition coefficient (Wildman–Crippen LogP) is 9.82. The molecule has 0 aromatic heterocycles. The van der Waals surface area contributed by atoms with Gasteiger partial charge in [0.15, 0.2) is 0 Å². The Morgan fingerprint density at radius 2 is 1.08 bits per heavy atom. The molecular weight excluding hydrogens is 448 g/mol. The van der Waals surface area contributed by atoms with Crippen LogP contribution in [0.2, 0.25) is 0 Å². The molecule has 2 atom stereocenters. The molecule has 0 aliphatic rings. The van der Waals surface area contributed by atoms with Gasteiger partial charge >= 0.3 is 11.9 Å². The summed E-state index contributed by atoms with van der Waals surface area (Å²) in [5.74, 6) is 1.03. The van der Waals surface area contributed by atoms with E-state index >= 15 is 0 Å². The average Bonchev–Trinajstić information content (AvgIpc) is 2.90. The molecule has 36 heavy (non-hydrogen) atoms. The van der Waals surface area contributed by atoms with Crippen molar-refractivity contribution in [3.63, 3.8) is 0 Å². The highest BCUT2D eigenvalue weighted by atomic mass is 16.5. The van der Waals surface area contributed by atoms with E-state index in [1.165, 1.54) is 51.4 Å². The zero-order valence-corrected chi connectivity index (χ0v) is 25.1. The number of hydrogen-bond donors (Lipinski definition) is 0. The standard InChI is InChI=1S/C32H62O4/c1-7-13-22-28(9-3)26-35-30(33)24-20-18-16-15-17-19-21-25-32(11-5,12-6)31(34)36-27-29(10-4)23-14-8-2/h28-29H,7-27H2,1-6H3. The molecule has 0 aromatic rings. The second-order valence-electron chi connectivity index (χ2n) is 11.1. The first-order valence-electron chi connectivity index (χ1n) is 15.8. The molecule has 0 heterocycles. The van der Waals surface area contributed by atoms with Crippen molar-refractivity contribution < 1.29 is 19.1 Å². The molecule has 0 fully saturated rings. The van der Waals surface area contributed by atoms with Crippen LogP contribution in [0.4, 0.5) is 0 Å². The fourth-order valence-electron chi connectivity index (χ4n) is 5.04. The van der Waals surface area contributed by atoms with Gasteiger partial charge in [-0.25, -0.2) is 0 Å². The average molecular weight is 511 g/mol. The first-order valence-corrected chi connectivity index (χ1v) is 15.8. The number of carbonyl (C=O) groups is 2. The molecule has 0 rings (SSSR count). The zero-order chi connectivity index (χ0) is 27.1. The highest BCUT2D eigenvalue weighted by Gasteiger charge is 2.36. The molecule has 0 aliphatic heterocycles. The van der Waals surface area contributed by atoms with Gasteiger partial charge in [0.05, 0.1) is 18.6 Å². The summed E-state index contributed by atoms with van der Waals surface area (Å²) >= 11 is 0. The molecule has 0 aliphatic carbocycles. The van der Waals surface area contributed by atoms with Gasteiger partial charge in [0.1, 0.15) is 0 Å². The Labute approximate surface area is 225 Å². The smallest absolute Gasteiger partial charge is 0.312 e. The van der Waals surface area contributed by atoms with Crippen LogP contribution in [0.15, 0.2) is 0 Å². The highest BCUT2D eigenvalue weighted by Crippen LogP contribution is 2.35. The molecule has 4 nitrogen and oxygen atoms in total. The Hall–Kier alpha value is -1.06. The van der Waals surface area contributed by atoms with Crippen molar-refractivity contribution in [2.24, 2.45) is 17.3 Å². The van der Waals surface area contributed by atoms with Crippen LogP contribution in [-0.2, 0) is 19.1 Å².